The Morgan fingerprint density at radius 1 is 1.00 bits per heavy atom. The van der Waals surface area contributed by atoms with Gasteiger partial charge in [-0.2, -0.15) is 0 Å². The minimum absolute atomic E-state index is 0.355. The van der Waals surface area contributed by atoms with Crippen molar-refractivity contribution in [1.82, 2.24) is 10.5 Å². The average molecular weight is 234 g/mol. The molecule has 0 aromatic carbocycles. The summed E-state index contributed by atoms with van der Waals surface area (Å²) >= 11 is 5.08. The van der Waals surface area contributed by atoms with E-state index in [0.29, 0.717) is 5.11 Å². The summed E-state index contributed by atoms with van der Waals surface area (Å²) in [5.74, 6) is 0. The van der Waals surface area contributed by atoms with E-state index in [1.165, 1.54) is 5.23 Å². The van der Waals surface area contributed by atoms with Gasteiger partial charge in [-0.05, 0) is 53.8 Å². The van der Waals surface area contributed by atoms with Crippen LogP contribution in [0.25, 0.3) is 0 Å². The van der Waals surface area contributed by atoms with Crippen molar-refractivity contribution in [2.24, 2.45) is 0 Å². The molecule has 4 nitrogen and oxygen atoms in total. The Morgan fingerprint density at radius 2 is 1.33 bits per heavy atom. The molecule has 0 saturated carbocycles. The molecule has 0 aromatic heterocycles. The van der Waals surface area contributed by atoms with Gasteiger partial charge in [-0.15, -0.1) is 0 Å². The van der Waals surface area contributed by atoms with Crippen LogP contribution in [-0.4, -0.2) is 28.6 Å². The molecular weight excluding hydrogens is 212 g/mol. The second-order valence-corrected chi connectivity index (χ2v) is 5.61. The van der Waals surface area contributed by atoms with E-state index in [0.717, 1.165) is 0 Å². The van der Waals surface area contributed by atoms with Gasteiger partial charge < -0.3 is 5.32 Å². The first-order chi connectivity index (χ1) is 6.55. The topological polar surface area (TPSA) is 33.7 Å². The Labute approximate surface area is 97.8 Å². The molecule has 0 aliphatic rings. The van der Waals surface area contributed by atoms with Crippen LogP contribution in [0.4, 0.5) is 0 Å². The number of hydrogen-bond donors (Lipinski definition) is 1. The molecule has 0 amide bonds. The maximum Gasteiger partial charge on any atom is 0.222 e. The number of hydrogen-bond acceptors (Lipinski definition) is 3. The van der Waals surface area contributed by atoms with E-state index in [1.807, 2.05) is 41.5 Å². The third kappa shape index (κ3) is 7.53. The van der Waals surface area contributed by atoms with Gasteiger partial charge in [0.05, 0.1) is 11.2 Å². The van der Waals surface area contributed by atoms with Crippen LogP contribution in [0.5, 0.6) is 0 Å². The van der Waals surface area contributed by atoms with Crippen LogP contribution < -0.4 is 5.32 Å². The minimum Gasteiger partial charge on any atom is -0.362 e. The summed E-state index contributed by atoms with van der Waals surface area (Å²) in [5, 5.41) is 4.48. The minimum atomic E-state index is -0.355. The van der Waals surface area contributed by atoms with E-state index >= 15 is 0 Å². The molecule has 0 aromatic rings. The van der Waals surface area contributed by atoms with Crippen molar-refractivity contribution >= 4 is 17.3 Å². The van der Waals surface area contributed by atoms with Crippen LogP contribution in [0.15, 0.2) is 0 Å². The van der Waals surface area contributed by atoms with Crippen LogP contribution in [0.1, 0.15) is 41.5 Å². The summed E-state index contributed by atoms with van der Waals surface area (Å²) < 4.78 is 0. The van der Waals surface area contributed by atoms with Crippen molar-refractivity contribution in [1.29, 1.82) is 0 Å². The largest absolute Gasteiger partial charge is 0.362 e. The summed E-state index contributed by atoms with van der Waals surface area (Å²) in [6, 6.07) is 0. The molecule has 0 atom stereocenters. The zero-order chi connectivity index (χ0) is 12.3. The third-order valence-electron chi connectivity index (χ3n) is 1.09. The Hall–Kier alpha value is -0.390. The summed E-state index contributed by atoms with van der Waals surface area (Å²) in [6.45, 7) is 11.6. The van der Waals surface area contributed by atoms with E-state index in [4.69, 9.17) is 21.9 Å². The summed E-state index contributed by atoms with van der Waals surface area (Å²) in [6.07, 6.45) is 0. The summed E-state index contributed by atoms with van der Waals surface area (Å²) in [7, 11) is 1.73. The molecule has 0 saturated heterocycles. The fourth-order valence-electron chi connectivity index (χ4n) is 0.690. The summed E-state index contributed by atoms with van der Waals surface area (Å²) in [4.78, 5) is 11.1. The zero-order valence-electron chi connectivity index (χ0n) is 10.7. The molecule has 0 fully saturated rings. The lowest BCUT2D eigenvalue weighted by atomic mass is 10.2. The highest BCUT2D eigenvalue weighted by molar-refractivity contribution is 7.80. The quantitative estimate of drug-likeness (QED) is 0.585. The number of rotatable bonds is 2. The van der Waals surface area contributed by atoms with Crippen LogP contribution in [0.3, 0.4) is 0 Å². The maximum atomic E-state index is 5.57. The SMILES string of the molecule is CNC(=S)N(OC(C)(C)C)OC(C)(C)C. The van der Waals surface area contributed by atoms with Crippen molar-refractivity contribution in [3.05, 3.63) is 0 Å². The number of thiocarbonyl (C=S) groups is 1. The van der Waals surface area contributed by atoms with Gasteiger partial charge in [0.2, 0.25) is 5.11 Å². The van der Waals surface area contributed by atoms with E-state index in [-0.39, 0.29) is 11.2 Å². The highest BCUT2D eigenvalue weighted by Crippen LogP contribution is 2.16. The maximum absolute atomic E-state index is 5.57. The van der Waals surface area contributed by atoms with Gasteiger partial charge in [-0.1, -0.05) is 5.23 Å². The van der Waals surface area contributed by atoms with E-state index in [9.17, 15) is 0 Å². The molecule has 5 heteroatoms. The lowest BCUT2D eigenvalue weighted by molar-refractivity contribution is -0.385. The van der Waals surface area contributed by atoms with Gasteiger partial charge in [-0.3, -0.25) is 0 Å². The van der Waals surface area contributed by atoms with Crippen LogP contribution in [0.2, 0.25) is 0 Å². The molecule has 0 aliphatic heterocycles. The van der Waals surface area contributed by atoms with E-state index in [1.54, 1.807) is 7.05 Å². The highest BCUT2D eigenvalue weighted by atomic mass is 32.1. The van der Waals surface area contributed by atoms with Crippen LogP contribution >= 0.6 is 12.2 Å². The van der Waals surface area contributed by atoms with Gasteiger partial charge in [-0.25, -0.2) is 9.68 Å². The molecule has 1 N–H and O–H groups in total. The second-order valence-electron chi connectivity index (χ2n) is 5.22. The highest BCUT2D eigenvalue weighted by Gasteiger charge is 2.25. The lowest BCUT2D eigenvalue weighted by Crippen LogP contribution is -2.46. The van der Waals surface area contributed by atoms with Crippen molar-refractivity contribution in [2.75, 3.05) is 7.05 Å². The fourth-order valence-corrected chi connectivity index (χ4v) is 0.765. The monoisotopic (exact) mass is 234 g/mol. The van der Waals surface area contributed by atoms with E-state index < -0.39 is 0 Å². The standard InChI is InChI=1S/C10H22N2O2S/c1-9(2,3)13-12(8(15)11-7)14-10(4,5)6/h1-7H3,(H,11,15). The smallest absolute Gasteiger partial charge is 0.222 e. The molecule has 0 heterocycles. The van der Waals surface area contributed by atoms with Gasteiger partial charge >= 0.3 is 0 Å². The van der Waals surface area contributed by atoms with Crippen molar-refractivity contribution in [2.45, 2.75) is 52.7 Å². The van der Waals surface area contributed by atoms with Crippen molar-refractivity contribution < 1.29 is 9.68 Å². The number of hydroxylamine groups is 2. The molecule has 15 heavy (non-hydrogen) atoms. The first kappa shape index (κ1) is 14.6. The Balaban J connectivity index is 4.53. The predicted octanol–water partition coefficient (Wildman–Crippen LogP) is 2.25. The number of nitrogens with one attached hydrogen (secondary N) is 1. The summed E-state index contributed by atoms with van der Waals surface area (Å²) in [5.41, 5.74) is -0.710. The molecule has 0 unspecified atom stereocenters. The average Bonchev–Trinajstić information content (AvgIpc) is 1.96. The van der Waals surface area contributed by atoms with Gasteiger partial charge in [0.25, 0.3) is 0 Å². The van der Waals surface area contributed by atoms with Crippen LogP contribution in [0, 0.1) is 0 Å². The fraction of sp³-hybridized carbons (Fsp3) is 0.900. The Kier molecular flexibility index (Phi) is 4.96. The first-order valence-corrected chi connectivity index (χ1v) is 5.36. The Morgan fingerprint density at radius 3 is 1.53 bits per heavy atom. The molecular formula is C10H22N2O2S. The Bertz CT molecular complexity index is 202. The first-order valence-electron chi connectivity index (χ1n) is 4.95. The van der Waals surface area contributed by atoms with Crippen molar-refractivity contribution in [3.63, 3.8) is 0 Å². The number of nitrogens with zero attached hydrogens (tertiary/aromatic N) is 1. The predicted molar refractivity (Wildman–Crippen MR) is 65.2 cm³/mol. The van der Waals surface area contributed by atoms with Gasteiger partial charge in [0, 0.05) is 7.05 Å². The lowest BCUT2D eigenvalue weighted by Gasteiger charge is -2.34. The molecule has 0 rings (SSSR count). The van der Waals surface area contributed by atoms with Gasteiger partial charge in [0.15, 0.2) is 0 Å². The molecule has 0 radical (unpaired) electrons. The second kappa shape index (κ2) is 5.09. The molecule has 90 valence electrons. The van der Waals surface area contributed by atoms with Gasteiger partial charge in [0.1, 0.15) is 0 Å². The van der Waals surface area contributed by atoms with Crippen LogP contribution in [-0.2, 0) is 9.68 Å². The normalized spacial score (nSPS) is 12.5. The zero-order valence-corrected chi connectivity index (χ0v) is 11.5. The third-order valence-corrected chi connectivity index (χ3v) is 1.45. The van der Waals surface area contributed by atoms with Crippen molar-refractivity contribution in [3.8, 4) is 0 Å². The molecule has 0 spiro atoms. The van der Waals surface area contributed by atoms with E-state index in [2.05, 4.69) is 5.32 Å². The molecule has 0 aliphatic carbocycles. The molecule has 0 bridgehead atoms.